The minimum Gasteiger partial charge on any atom is -0.251 e. The van der Waals surface area contributed by atoms with Crippen LogP contribution in [0.1, 0.15) is 32.1 Å². The summed E-state index contributed by atoms with van der Waals surface area (Å²) in [5.41, 5.74) is 3.33. The Bertz CT molecular complexity index is 183. The molecule has 2 atom stereocenters. The number of nitriles is 1. The van der Waals surface area contributed by atoms with Crippen LogP contribution >= 0.6 is 0 Å². The Morgan fingerprint density at radius 3 is 2.54 bits per heavy atom. The number of nitrogens with one attached hydrogen (secondary N) is 1. The van der Waals surface area contributed by atoms with E-state index in [-0.39, 0.29) is 5.92 Å². The fraction of sp³-hybridized carbons (Fsp3) is 0.900. The third-order valence-corrected chi connectivity index (χ3v) is 2.61. The third-order valence-electron chi connectivity index (χ3n) is 2.61. The molecule has 0 heterocycles. The van der Waals surface area contributed by atoms with E-state index in [2.05, 4.69) is 11.5 Å². The second-order valence-corrected chi connectivity index (χ2v) is 4.00. The zero-order valence-corrected chi connectivity index (χ0v) is 8.58. The molecule has 1 saturated carbocycles. The molecule has 0 amide bonds. The molecule has 74 valence electrons. The van der Waals surface area contributed by atoms with E-state index in [1.54, 1.807) is 0 Å². The molecular formula is C10H19N3. The summed E-state index contributed by atoms with van der Waals surface area (Å²) in [4.78, 5) is 0. The van der Waals surface area contributed by atoms with Gasteiger partial charge in [-0.1, -0.05) is 19.3 Å². The molecule has 0 saturated heterocycles. The van der Waals surface area contributed by atoms with Gasteiger partial charge in [-0.2, -0.15) is 5.26 Å². The first-order valence-corrected chi connectivity index (χ1v) is 5.07. The molecule has 0 aromatic heterocycles. The van der Waals surface area contributed by atoms with Crippen LogP contribution < -0.4 is 5.43 Å². The van der Waals surface area contributed by atoms with Crippen molar-refractivity contribution in [3.8, 4) is 6.07 Å². The Kier molecular flexibility index (Phi) is 4.20. The number of hydrazine groups is 1. The summed E-state index contributed by atoms with van der Waals surface area (Å²) in [6, 6.07) is 2.77. The number of nitrogens with zero attached hydrogens (tertiary/aromatic N) is 2. The first kappa shape index (κ1) is 10.5. The average molecular weight is 181 g/mol. The molecule has 3 heteroatoms. The molecule has 0 aromatic rings. The highest BCUT2D eigenvalue weighted by Crippen LogP contribution is 2.22. The minimum atomic E-state index is 0.199. The van der Waals surface area contributed by atoms with E-state index in [1.165, 1.54) is 19.3 Å². The second kappa shape index (κ2) is 5.21. The molecule has 0 aliphatic heterocycles. The predicted molar refractivity (Wildman–Crippen MR) is 52.8 cm³/mol. The maximum atomic E-state index is 8.99. The number of hydrogen-bond acceptors (Lipinski definition) is 3. The Hall–Kier alpha value is -0.590. The van der Waals surface area contributed by atoms with Crippen LogP contribution in [0.3, 0.4) is 0 Å². The lowest BCUT2D eigenvalue weighted by molar-refractivity contribution is 0.207. The average Bonchev–Trinajstić information content (AvgIpc) is 2.28. The van der Waals surface area contributed by atoms with Gasteiger partial charge in [-0.25, -0.2) is 0 Å². The van der Waals surface area contributed by atoms with E-state index in [9.17, 15) is 0 Å². The summed E-state index contributed by atoms with van der Waals surface area (Å²) < 4.78 is 0. The predicted octanol–water partition coefficient (Wildman–Crippen LogP) is 1.53. The van der Waals surface area contributed by atoms with Gasteiger partial charge in [0.2, 0.25) is 0 Å². The first-order valence-electron chi connectivity index (χ1n) is 5.07. The zero-order chi connectivity index (χ0) is 9.68. The minimum absolute atomic E-state index is 0.199. The van der Waals surface area contributed by atoms with Crippen molar-refractivity contribution in [3.63, 3.8) is 0 Å². The highest BCUT2D eigenvalue weighted by atomic mass is 15.5. The maximum Gasteiger partial charge on any atom is 0.0672 e. The van der Waals surface area contributed by atoms with E-state index in [1.807, 2.05) is 19.1 Å². The maximum absolute atomic E-state index is 8.99. The number of rotatable bonds is 2. The molecule has 1 fully saturated rings. The Labute approximate surface area is 80.7 Å². The standard InChI is InChI=1S/C10H19N3/c1-13(2)12-10-7-5-3-4-6-9(10)8-11/h9-10,12H,3-7H2,1-2H3. The fourth-order valence-corrected chi connectivity index (χ4v) is 1.95. The topological polar surface area (TPSA) is 39.1 Å². The van der Waals surface area contributed by atoms with Gasteiger partial charge < -0.3 is 0 Å². The van der Waals surface area contributed by atoms with Gasteiger partial charge in [-0.15, -0.1) is 0 Å². The molecule has 1 aliphatic carbocycles. The van der Waals surface area contributed by atoms with Crippen LogP contribution in [0.5, 0.6) is 0 Å². The van der Waals surface area contributed by atoms with Crippen LogP contribution in [0.25, 0.3) is 0 Å². The van der Waals surface area contributed by atoms with Gasteiger partial charge in [-0.3, -0.25) is 10.4 Å². The molecule has 0 bridgehead atoms. The highest BCUT2D eigenvalue weighted by molar-refractivity contribution is 4.92. The van der Waals surface area contributed by atoms with Crippen molar-refractivity contribution in [3.05, 3.63) is 0 Å². The van der Waals surface area contributed by atoms with Crippen LogP contribution in [0.4, 0.5) is 0 Å². The number of hydrogen-bond donors (Lipinski definition) is 1. The monoisotopic (exact) mass is 181 g/mol. The van der Waals surface area contributed by atoms with Gasteiger partial charge in [0, 0.05) is 20.1 Å². The molecule has 1 N–H and O–H groups in total. The van der Waals surface area contributed by atoms with Crippen LogP contribution in [-0.2, 0) is 0 Å². The summed E-state index contributed by atoms with van der Waals surface area (Å²) in [6.07, 6.45) is 5.94. The van der Waals surface area contributed by atoms with Crippen LogP contribution in [0.2, 0.25) is 0 Å². The molecule has 1 aliphatic rings. The van der Waals surface area contributed by atoms with E-state index in [4.69, 9.17) is 5.26 Å². The molecule has 3 nitrogen and oxygen atoms in total. The van der Waals surface area contributed by atoms with E-state index < -0.39 is 0 Å². The normalized spacial score (nSPS) is 29.7. The van der Waals surface area contributed by atoms with E-state index in [0.29, 0.717) is 6.04 Å². The lowest BCUT2D eigenvalue weighted by Crippen LogP contribution is -2.43. The third kappa shape index (κ3) is 3.33. The largest absolute Gasteiger partial charge is 0.251 e. The zero-order valence-electron chi connectivity index (χ0n) is 8.58. The van der Waals surface area contributed by atoms with Crippen molar-refractivity contribution in [2.24, 2.45) is 5.92 Å². The summed E-state index contributed by atoms with van der Waals surface area (Å²) in [7, 11) is 3.97. The summed E-state index contributed by atoms with van der Waals surface area (Å²) in [5, 5.41) is 10.9. The quantitative estimate of drug-likeness (QED) is 0.518. The van der Waals surface area contributed by atoms with Gasteiger partial charge in [0.25, 0.3) is 0 Å². The summed E-state index contributed by atoms with van der Waals surface area (Å²) >= 11 is 0. The van der Waals surface area contributed by atoms with Crippen molar-refractivity contribution < 1.29 is 0 Å². The SMILES string of the molecule is CN(C)NC1CCCCCC1C#N. The van der Waals surface area contributed by atoms with Gasteiger partial charge in [0.05, 0.1) is 12.0 Å². The van der Waals surface area contributed by atoms with Crippen molar-refractivity contribution in [2.45, 2.75) is 38.1 Å². The van der Waals surface area contributed by atoms with Crippen molar-refractivity contribution in [1.29, 1.82) is 5.26 Å². The Balaban J connectivity index is 2.50. The Morgan fingerprint density at radius 2 is 1.92 bits per heavy atom. The van der Waals surface area contributed by atoms with Gasteiger partial charge in [-0.05, 0) is 12.8 Å². The van der Waals surface area contributed by atoms with Crippen molar-refractivity contribution in [1.82, 2.24) is 10.4 Å². The van der Waals surface area contributed by atoms with E-state index in [0.717, 1.165) is 12.8 Å². The second-order valence-electron chi connectivity index (χ2n) is 4.00. The smallest absolute Gasteiger partial charge is 0.0672 e. The summed E-state index contributed by atoms with van der Waals surface area (Å²) in [6.45, 7) is 0. The molecular weight excluding hydrogens is 162 g/mol. The van der Waals surface area contributed by atoms with Crippen molar-refractivity contribution in [2.75, 3.05) is 14.1 Å². The summed E-state index contributed by atoms with van der Waals surface area (Å²) in [5.74, 6) is 0.199. The van der Waals surface area contributed by atoms with Gasteiger partial charge in [0.15, 0.2) is 0 Å². The lowest BCUT2D eigenvalue weighted by atomic mass is 9.97. The highest BCUT2D eigenvalue weighted by Gasteiger charge is 2.23. The lowest BCUT2D eigenvalue weighted by Gasteiger charge is -2.24. The van der Waals surface area contributed by atoms with Gasteiger partial charge in [0.1, 0.15) is 0 Å². The fourth-order valence-electron chi connectivity index (χ4n) is 1.95. The first-order chi connectivity index (χ1) is 6.24. The molecule has 13 heavy (non-hydrogen) atoms. The van der Waals surface area contributed by atoms with Crippen molar-refractivity contribution >= 4 is 0 Å². The Morgan fingerprint density at radius 1 is 1.23 bits per heavy atom. The molecule has 1 rings (SSSR count). The van der Waals surface area contributed by atoms with Crippen LogP contribution in [0.15, 0.2) is 0 Å². The van der Waals surface area contributed by atoms with Gasteiger partial charge >= 0.3 is 0 Å². The van der Waals surface area contributed by atoms with E-state index >= 15 is 0 Å². The molecule has 0 aromatic carbocycles. The molecule has 2 unspecified atom stereocenters. The molecule has 0 radical (unpaired) electrons. The molecule has 0 spiro atoms. The van der Waals surface area contributed by atoms with Crippen LogP contribution in [0, 0.1) is 17.2 Å². The van der Waals surface area contributed by atoms with Crippen LogP contribution in [-0.4, -0.2) is 25.1 Å².